The SMILES string of the molecule is C=C1Oc2ccc(C(C)(C)C)cc2O1.CC1(C)Oc2ccc(C(C)(C)C)cc2O1. The van der Waals surface area contributed by atoms with Crippen LogP contribution in [0.15, 0.2) is 48.9 Å². The van der Waals surface area contributed by atoms with Gasteiger partial charge in [-0.15, -0.1) is 0 Å². The van der Waals surface area contributed by atoms with Crippen molar-refractivity contribution in [1.29, 1.82) is 0 Å². The Hall–Kier alpha value is -2.62. The smallest absolute Gasteiger partial charge is 0.282 e. The van der Waals surface area contributed by atoms with Crippen molar-refractivity contribution in [2.45, 2.75) is 72.0 Å². The molecule has 0 aromatic heterocycles. The fourth-order valence-electron chi connectivity index (χ4n) is 3.09. The number of hydrogen-bond donors (Lipinski definition) is 0. The van der Waals surface area contributed by atoms with Crippen LogP contribution >= 0.6 is 0 Å². The fourth-order valence-corrected chi connectivity index (χ4v) is 3.09. The Balaban J connectivity index is 0.000000166. The van der Waals surface area contributed by atoms with Crippen molar-refractivity contribution < 1.29 is 18.9 Å². The number of benzene rings is 2. The molecule has 0 aliphatic carbocycles. The summed E-state index contributed by atoms with van der Waals surface area (Å²) in [6.07, 6.45) is 0. The highest BCUT2D eigenvalue weighted by Crippen LogP contribution is 2.41. The van der Waals surface area contributed by atoms with E-state index in [1.807, 2.05) is 32.0 Å². The van der Waals surface area contributed by atoms with Gasteiger partial charge in [0.05, 0.1) is 0 Å². The Labute approximate surface area is 174 Å². The van der Waals surface area contributed by atoms with Gasteiger partial charge in [-0.3, -0.25) is 0 Å². The van der Waals surface area contributed by atoms with Gasteiger partial charge in [0, 0.05) is 13.8 Å². The lowest BCUT2D eigenvalue weighted by Gasteiger charge is -2.19. The van der Waals surface area contributed by atoms with Gasteiger partial charge in [0.15, 0.2) is 23.0 Å². The summed E-state index contributed by atoms with van der Waals surface area (Å²) in [6, 6.07) is 12.2. The van der Waals surface area contributed by atoms with Crippen LogP contribution in [-0.4, -0.2) is 5.79 Å². The second-order valence-electron chi connectivity index (χ2n) is 10.0. The maximum atomic E-state index is 5.71. The lowest BCUT2D eigenvalue weighted by Crippen LogP contribution is -2.29. The average molecular weight is 397 g/mol. The summed E-state index contributed by atoms with van der Waals surface area (Å²) < 4.78 is 21.9. The van der Waals surface area contributed by atoms with Gasteiger partial charge < -0.3 is 18.9 Å². The standard InChI is InChI=1S/C13H18O2.C12H14O2/c1-12(2,3)9-6-7-10-11(8-9)15-13(4,5)14-10;1-8-13-10-6-5-9(12(2,3)4)7-11(10)14-8/h6-8H,1-5H3;5-7H,1H2,2-4H3. The zero-order chi connectivity index (χ0) is 21.6. The van der Waals surface area contributed by atoms with Gasteiger partial charge in [-0.25, -0.2) is 0 Å². The van der Waals surface area contributed by atoms with E-state index in [2.05, 4.69) is 66.3 Å². The molecule has 0 N–H and O–H groups in total. The van der Waals surface area contributed by atoms with Crippen LogP contribution in [0, 0.1) is 0 Å². The van der Waals surface area contributed by atoms with Crippen molar-refractivity contribution in [3.05, 3.63) is 60.0 Å². The molecule has 0 spiro atoms. The minimum atomic E-state index is -0.529. The topological polar surface area (TPSA) is 36.9 Å². The first kappa shape index (κ1) is 21.1. The second-order valence-corrected chi connectivity index (χ2v) is 10.0. The van der Waals surface area contributed by atoms with E-state index in [1.54, 1.807) is 0 Å². The molecule has 0 saturated heterocycles. The molecule has 156 valence electrons. The van der Waals surface area contributed by atoms with Crippen LogP contribution in [0.25, 0.3) is 0 Å². The van der Waals surface area contributed by atoms with Gasteiger partial charge >= 0.3 is 0 Å². The normalized spacial score (nSPS) is 16.3. The predicted molar refractivity (Wildman–Crippen MR) is 116 cm³/mol. The Morgan fingerprint density at radius 2 is 1.10 bits per heavy atom. The maximum Gasteiger partial charge on any atom is 0.282 e. The van der Waals surface area contributed by atoms with Gasteiger partial charge in [-0.2, -0.15) is 0 Å². The Kier molecular flexibility index (Phi) is 5.10. The summed E-state index contributed by atoms with van der Waals surface area (Å²) in [5, 5.41) is 0. The molecule has 4 nitrogen and oxygen atoms in total. The number of rotatable bonds is 0. The van der Waals surface area contributed by atoms with Gasteiger partial charge in [-0.05, 0) is 52.8 Å². The molecule has 4 heteroatoms. The molecule has 2 aliphatic rings. The number of fused-ring (bicyclic) bond motifs is 2. The zero-order valence-electron chi connectivity index (χ0n) is 18.8. The summed E-state index contributed by atoms with van der Waals surface area (Å²) in [6.45, 7) is 20.5. The van der Waals surface area contributed by atoms with Crippen LogP contribution in [0.2, 0.25) is 0 Å². The lowest BCUT2D eigenvalue weighted by molar-refractivity contribution is -0.0431. The largest absolute Gasteiger partial charge is 0.449 e. The van der Waals surface area contributed by atoms with E-state index in [-0.39, 0.29) is 10.8 Å². The quantitative estimate of drug-likeness (QED) is 0.495. The van der Waals surface area contributed by atoms with Crippen LogP contribution in [0.4, 0.5) is 0 Å². The molecule has 0 amide bonds. The predicted octanol–water partition coefficient (Wildman–Crippen LogP) is 6.72. The summed E-state index contributed by atoms with van der Waals surface area (Å²) in [5.41, 5.74) is 2.77. The first-order valence-corrected chi connectivity index (χ1v) is 9.96. The van der Waals surface area contributed by atoms with Crippen LogP contribution in [0.1, 0.15) is 66.5 Å². The average Bonchev–Trinajstić information content (AvgIpc) is 3.08. The molecule has 0 fully saturated rings. The summed E-state index contributed by atoms with van der Waals surface area (Å²) >= 11 is 0. The molecule has 0 radical (unpaired) electrons. The molecule has 2 aliphatic heterocycles. The molecule has 2 aromatic rings. The Morgan fingerprint density at radius 1 is 0.655 bits per heavy atom. The molecule has 29 heavy (non-hydrogen) atoms. The van der Waals surface area contributed by atoms with Crippen molar-refractivity contribution in [3.8, 4) is 23.0 Å². The minimum absolute atomic E-state index is 0.127. The van der Waals surface area contributed by atoms with Gasteiger partial charge in [0.2, 0.25) is 5.79 Å². The molecule has 2 aromatic carbocycles. The van der Waals surface area contributed by atoms with Crippen molar-refractivity contribution in [2.24, 2.45) is 0 Å². The molecule has 4 rings (SSSR count). The molecular formula is C25H32O4. The summed E-state index contributed by atoms with van der Waals surface area (Å²) in [5.74, 6) is 3.04. The van der Waals surface area contributed by atoms with E-state index in [1.165, 1.54) is 11.1 Å². The highest BCUT2D eigenvalue weighted by molar-refractivity contribution is 5.48. The van der Waals surface area contributed by atoms with E-state index in [0.717, 1.165) is 23.0 Å². The van der Waals surface area contributed by atoms with Crippen LogP contribution in [0.5, 0.6) is 23.0 Å². The van der Waals surface area contributed by atoms with Crippen molar-refractivity contribution >= 4 is 0 Å². The highest BCUT2D eigenvalue weighted by Gasteiger charge is 2.32. The third-order valence-electron chi connectivity index (χ3n) is 4.78. The van der Waals surface area contributed by atoms with E-state index in [9.17, 15) is 0 Å². The van der Waals surface area contributed by atoms with E-state index >= 15 is 0 Å². The highest BCUT2D eigenvalue weighted by atomic mass is 16.7. The molecule has 0 unspecified atom stereocenters. The van der Waals surface area contributed by atoms with Crippen LogP contribution in [-0.2, 0) is 10.8 Å². The minimum Gasteiger partial charge on any atom is -0.449 e. The molecular weight excluding hydrogens is 364 g/mol. The van der Waals surface area contributed by atoms with Gasteiger partial charge in [0.25, 0.3) is 5.95 Å². The third-order valence-corrected chi connectivity index (χ3v) is 4.78. The number of ether oxygens (including phenoxy) is 4. The summed E-state index contributed by atoms with van der Waals surface area (Å²) in [4.78, 5) is 0. The van der Waals surface area contributed by atoms with E-state index in [0.29, 0.717) is 5.95 Å². The maximum absolute atomic E-state index is 5.71. The van der Waals surface area contributed by atoms with E-state index < -0.39 is 5.79 Å². The summed E-state index contributed by atoms with van der Waals surface area (Å²) in [7, 11) is 0. The first-order valence-electron chi connectivity index (χ1n) is 9.96. The van der Waals surface area contributed by atoms with Gasteiger partial charge in [0.1, 0.15) is 0 Å². The third kappa shape index (κ3) is 4.87. The Bertz CT molecular complexity index is 927. The van der Waals surface area contributed by atoms with Crippen LogP contribution < -0.4 is 18.9 Å². The van der Waals surface area contributed by atoms with E-state index in [4.69, 9.17) is 18.9 Å². The van der Waals surface area contributed by atoms with Crippen molar-refractivity contribution in [1.82, 2.24) is 0 Å². The first-order chi connectivity index (χ1) is 13.2. The fraction of sp³-hybridized carbons (Fsp3) is 0.440. The molecule has 0 bridgehead atoms. The molecule has 0 saturated carbocycles. The number of hydrogen-bond acceptors (Lipinski definition) is 4. The lowest BCUT2D eigenvalue weighted by atomic mass is 9.87. The van der Waals surface area contributed by atoms with Crippen molar-refractivity contribution in [2.75, 3.05) is 0 Å². The molecule has 2 heterocycles. The van der Waals surface area contributed by atoms with Crippen molar-refractivity contribution in [3.63, 3.8) is 0 Å². The zero-order valence-corrected chi connectivity index (χ0v) is 18.8. The van der Waals surface area contributed by atoms with Crippen LogP contribution in [0.3, 0.4) is 0 Å². The monoisotopic (exact) mass is 396 g/mol. The second kappa shape index (κ2) is 7.01. The van der Waals surface area contributed by atoms with Gasteiger partial charge in [-0.1, -0.05) is 53.7 Å². The molecule has 0 atom stereocenters. The Morgan fingerprint density at radius 3 is 1.66 bits per heavy atom.